The first-order valence-corrected chi connectivity index (χ1v) is 52.1. The summed E-state index contributed by atoms with van der Waals surface area (Å²) in [7, 11) is 0. The predicted octanol–water partition coefficient (Wildman–Crippen LogP) is 34.8. The van der Waals surface area contributed by atoms with Crippen molar-refractivity contribution in [3.05, 3.63) is 451 Å². The monoisotopic (exact) mass is 1950 g/mol. The molecule has 736 valence electrons. The molecule has 9 aromatic heterocycles. The summed E-state index contributed by atoms with van der Waals surface area (Å²) in [5.74, 6) is 4.15. The first-order chi connectivity index (χ1) is 72.0. The van der Waals surface area contributed by atoms with Crippen LogP contribution in [-0.2, 0) is 37.9 Å². The lowest BCUT2D eigenvalue weighted by Gasteiger charge is -2.25. The van der Waals surface area contributed by atoms with Gasteiger partial charge in [-0.1, -0.05) is 423 Å². The standard InChI is InChI=1S/C36H33N.C34H31N3.C27H22N2.C23H20N2.C17H17N5/c1-35(2,3)28-17-19-30-29-18-16-26(20-31(29)36(4,5)32(30)23-28)34-22-27(24-12-8-6-9-13-24)21-33(37-34)25-14-10-7-11-15-25;1-33(2,3)25-17-19-27-26-18-16-24(20-28(26)34(4,5)29(27)21-25)32-36-30(22-12-8-6-9-13-22)35-31(37-32)23-14-10-7-11-15-23;1-27(2,3)18-13-15-20-21-14-12-17-8-4-5-9-19(17)25(21)26-28-22-10-6-7-11-23(22)29(26)24(20)16-18;1-23(2,3)15-12-13-17-16-8-4-5-9-18(16)22-24-19-10-6-7-11-20(19)25(22)21(17)14-15;1-17(2,3)16-21-14(12-4-8-18-9-5-12)20-15(22-16)13-6-10-19-11-7-13/h6-23H,1-5H3;6-21H,1-5H3;4-16H,1-3H3;4-14H,1-3H3;4-11H,1-3H3. The van der Waals surface area contributed by atoms with Crippen LogP contribution in [0.3, 0.4) is 0 Å². The van der Waals surface area contributed by atoms with Crippen LogP contribution < -0.4 is 0 Å². The lowest BCUT2D eigenvalue weighted by atomic mass is 9.78. The SMILES string of the molecule is CC(C)(C)c1ccc2c(c1)C(C)(C)c1cc(-c3cc(-c4ccccc4)cc(-c4ccccc4)n3)ccc1-2.CC(C)(C)c1ccc2c(c1)C(C)(C)c1cc(-c3nc(-c4ccccc4)nc(-c4ccccc4)n3)ccc1-2.CC(C)(C)c1ccc2c3ccc4ccccc4c3c3nc4ccccc4n3c2c1.CC(C)(C)c1ccc2c3ccccc3c3nc4ccccc4n3c2c1.CC(C)(C)c1nc(-c2ccncc2)nc(-c2ccncc2)n1. The Bertz CT molecular complexity index is 8880. The number of nitrogens with zero attached hydrogens (tertiary/aromatic N) is 13. The maximum Gasteiger partial charge on any atom is 0.164 e. The van der Waals surface area contributed by atoms with E-state index in [1.807, 2.05) is 84.9 Å². The highest BCUT2D eigenvalue weighted by Crippen LogP contribution is 2.54. The highest BCUT2D eigenvalue weighted by molar-refractivity contribution is 6.23. The van der Waals surface area contributed by atoms with Crippen LogP contribution in [0.1, 0.15) is 182 Å². The Kier molecular flexibility index (Phi) is 25.0. The van der Waals surface area contributed by atoms with Gasteiger partial charge >= 0.3 is 0 Å². The van der Waals surface area contributed by atoms with Crippen LogP contribution in [-0.4, -0.2) is 63.6 Å². The molecule has 0 fully saturated rings. The van der Waals surface area contributed by atoms with Gasteiger partial charge in [0, 0.05) is 102 Å². The molecule has 0 saturated heterocycles. The second-order valence-corrected chi connectivity index (χ2v) is 46.0. The average molecular weight is 1950 g/mol. The first kappa shape index (κ1) is 97.7. The lowest BCUT2D eigenvalue weighted by molar-refractivity contribution is 0.543. The fourth-order valence-corrected chi connectivity index (χ4v) is 21.2. The Hall–Kier alpha value is -17.0. The molecule has 0 spiro atoms. The molecule has 0 saturated carbocycles. The highest BCUT2D eigenvalue weighted by atomic mass is 15.1. The molecule has 13 heteroatoms. The fourth-order valence-electron chi connectivity index (χ4n) is 21.2. The van der Waals surface area contributed by atoms with E-state index in [4.69, 9.17) is 29.9 Å². The molecule has 150 heavy (non-hydrogen) atoms. The maximum atomic E-state index is 5.17. The third-order valence-corrected chi connectivity index (χ3v) is 29.8. The van der Waals surface area contributed by atoms with E-state index in [2.05, 4.69) is 456 Å². The summed E-state index contributed by atoms with van der Waals surface area (Å²) in [4.78, 5) is 51.9. The fraction of sp³-hybridized carbons (Fsp3) is 0.190. The number of imidazole rings is 2. The van der Waals surface area contributed by atoms with Gasteiger partial charge in [0.05, 0.1) is 44.5 Å². The molecule has 0 unspecified atom stereocenters. The smallest absolute Gasteiger partial charge is 0.164 e. The summed E-state index contributed by atoms with van der Waals surface area (Å²) < 4.78 is 4.68. The second-order valence-electron chi connectivity index (χ2n) is 46.0. The van der Waals surface area contributed by atoms with Crippen LogP contribution in [0, 0.1) is 0 Å². The lowest BCUT2D eigenvalue weighted by Crippen LogP contribution is -2.18. The van der Waals surface area contributed by atoms with Crippen LogP contribution in [0.4, 0.5) is 0 Å². The summed E-state index contributed by atoms with van der Waals surface area (Å²) in [5.41, 5.74) is 36.8. The summed E-state index contributed by atoms with van der Waals surface area (Å²) in [5, 5.41) is 10.0. The van der Waals surface area contributed by atoms with Crippen molar-refractivity contribution in [3.8, 4) is 113 Å². The molecular formula is C137H123N13. The van der Waals surface area contributed by atoms with Gasteiger partial charge in [-0.25, -0.2) is 44.9 Å². The van der Waals surface area contributed by atoms with Gasteiger partial charge in [-0.3, -0.25) is 18.8 Å². The van der Waals surface area contributed by atoms with Gasteiger partial charge in [-0.2, -0.15) is 0 Å². The van der Waals surface area contributed by atoms with E-state index in [0.29, 0.717) is 29.1 Å². The number of para-hydroxylation sites is 4. The Morgan fingerprint density at radius 1 is 0.207 bits per heavy atom. The number of rotatable bonds is 8. The summed E-state index contributed by atoms with van der Waals surface area (Å²) in [6.07, 6.45) is 6.95. The van der Waals surface area contributed by atoms with Crippen LogP contribution in [0.5, 0.6) is 0 Å². The molecule has 0 N–H and O–H groups in total. The van der Waals surface area contributed by atoms with E-state index < -0.39 is 0 Å². The molecule has 0 aliphatic heterocycles. The van der Waals surface area contributed by atoms with Crippen molar-refractivity contribution in [2.24, 2.45) is 0 Å². The van der Waals surface area contributed by atoms with Crippen molar-refractivity contribution < 1.29 is 0 Å². The molecule has 2 aliphatic carbocycles. The largest absolute Gasteiger partial charge is 0.292 e. The minimum absolute atomic E-state index is 0.0682. The predicted molar refractivity (Wildman–Crippen MR) is 625 cm³/mol. The van der Waals surface area contributed by atoms with E-state index in [1.165, 1.54) is 138 Å². The number of benzene rings is 15. The van der Waals surface area contributed by atoms with E-state index in [1.54, 1.807) is 24.8 Å². The van der Waals surface area contributed by atoms with Gasteiger partial charge in [-0.15, -0.1) is 0 Å². The highest BCUT2D eigenvalue weighted by Gasteiger charge is 2.40. The number of hydrogen-bond acceptors (Lipinski definition) is 11. The quantitative estimate of drug-likeness (QED) is 0.134. The molecule has 24 aromatic rings. The topological polar surface area (TPSA) is 151 Å². The van der Waals surface area contributed by atoms with Gasteiger partial charge < -0.3 is 0 Å². The first-order valence-electron chi connectivity index (χ1n) is 52.1. The minimum Gasteiger partial charge on any atom is -0.292 e. The molecule has 0 amide bonds. The maximum absolute atomic E-state index is 5.17. The summed E-state index contributed by atoms with van der Waals surface area (Å²) in [6.45, 7) is 42.9. The number of fused-ring (bicyclic) bond motifs is 24. The second kappa shape index (κ2) is 38.3. The van der Waals surface area contributed by atoms with Crippen molar-refractivity contribution in [2.75, 3.05) is 0 Å². The number of pyridine rings is 5. The Labute approximate surface area is 878 Å². The summed E-state index contributed by atoms with van der Waals surface area (Å²) >= 11 is 0. The van der Waals surface area contributed by atoms with E-state index in [9.17, 15) is 0 Å². The third kappa shape index (κ3) is 18.7. The van der Waals surface area contributed by atoms with Crippen LogP contribution in [0.2, 0.25) is 0 Å². The molecule has 9 heterocycles. The van der Waals surface area contributed by atoms with Gasteiger partial charge in [0.15, 0.2) is 29.1 Å². The van der Waals surface area contributed by atoms with E-state index in [0.717, 1.165) is 84.0 Å². The minimum atomic E-state index is -0.160. The van der Waals surface area contributed by atoms with Gasteiger partial charge in [0.2, 0.25) is 0 Å². The number of aromatic nitrogens is 13. The Balaban J connectivity index is 0.000000107. The molecule has 15 aromatic carbocycles. The van der Waals surface area contributed by atoms with Crippen molar-refractivity contribution >= 4 is 87.5 Å². The van der Waals surface area contributed by atoms with Crippen LogP contribution in [0.25, 0.3) is 200 Å². The van der Waals surface area contributed by atoms with Crippen LogP contribution >= 0.6 is 0 Å². The Morgan fingerprint density at radius 2 is 0.547 bits per heavy atom. The van der Waals surface area contributed by atoms with Crippen LogP contribution in [0.15, 0.2) is 401 Å². The van der Waals surface area contributed by atoms with Crippen molar-refractivity contribution in [3.63, 3.8) is 0 Å². The third-order valence-electron chi connectivity index (χ3n) is 29.8. The van der Waals surface area contributed by atoms with Gasteiger partial charge in [0.1, 0.15) is 17.1 Å². The van der Waals surface area contributed by atoms with E-state index >= 15 is 0 Å². The molecule has 2 aliphatic rings. The molecule has 0 bridgehead atoms. The molecule has 0 atom stereocenters. The average Bonchev–Trinajstić information content (AvgIpc) is 1.52. The summed E-state index contributed by atoms with van der Waals surface area (Å²) in [6, 6.07) is 133. The van der Waals surface area contributed by atoms with Crippen molar-refractivity contribution in [1.82, 2.24) is 63.6 Å². The number of hydrogen-bond donors (Lipinski definition) is 0. The Morgan fingerprint density at radius 3 is 1.02 bits per heavy atom. The molecular weight excluding hydrogens is 1830 g/mol. The zero-order valence-electron chi connectivity index (χ0n) is 88.9. The van der Waals surface area contributed by atoms with Crippen molar-refractivity contribution in [2.45, 2.75) is 169 Å². The van der Waals surface area contributed by atoms with Crippen molar-refractivity contribution in [1.29, 1.82) is 0 Å². The molecule has 0 radical (unpaired) electrons. The van der Waals surface area contributed by atoms with Gasteiger partial charge in [0.25, 0.3) is 0 Å². The van der Waals surface area contributed by atoms with E-state index in [-0.39, 0.29) is 37.9 Å². The zero-order chi connectivity index (χ0) is 104. The zero-order valence-corrected chi connectivity index (χ0v) is 88.9. The van der Waals surface area contributed by atoms with Gasteiger partial charge in [-0.05, 0) is 206 Å². The normalized spacial score (nSPS) is 13.0. The molecule has 26 rings (SSSR count). The molecule has 13 nitrogen and oxygen atoms in total.